The molecule has 0 aromatic carbocycles. The highest BCUT2D eigenvalue weighted by Gasteiger charge is 2.56. The number of aryl methyl sites for hydroxylation is 1. The summed E-state index contributed by atoms with van der Waals surface area (Å²) in [4.78, 5) is 28.0. The van der Waals surface area contributed by atoms with E-state index in [0.29, 0.717) is 23.1 Å². The lowest BCUT2D eigenvalue weighted by molar-refractivity contribution is -0.386. The molecule has 1 unspecified atom stereocenters. The van der Waals surface area contributed by atoms with E-state index in [1.54, 1.807) is 18.3 Å². The van der Waals surface area contributed by atoms with E-state index in [1.165, 1.54) is 17.6 Å². The van der Waals surface area contributed by atoms with Gasteiger partial charge < -0.3 is 4.90 Å². The molecule has 1 atom stereocenters. The molecule has 1 aliphatic carbocycles. The quantitative estimate of drug-likeness (QED) is 0.587. The first kappa shape index (κ1) is 17.3. The van der Waals surface area contributed by atoms with Crippen molar-refractivity contribution in [2.45, 2.75) is 38.8 Å². The van der Waals surface area contributed by atoms with E-state index in [1.807, 2.05) is 11.6 Å². The van der Waals surface area contributed by atoms with Crippen molar-refractivity contribution in [3.63, 3.8) is 0 Å². The van der Waals surface area contributed by atoms with Gasteiger partial charge >= 0.3 is 5.69 Å². The Morgan fingerprint density at radius 3 is 2.81 bits per heavy atom. The lowest BCUT2D eigenvalue weighted by Gasteiger charge is -2.34. The van der Waals surface area contributed by atoms with E-state index in [0.717, 1.165) is 32.5 Å². The minimum atomic E-state index is -0.433. The first-order valence-electron chi connectivity index (χ1n) is 8.80. The number of thiazole rings is 1. The van der Waals surface area contributed by atoms with Crippen molar-refractivity contribution in [3.05, 3.63) is 38.6 Å². The van der Waals surface area contributed by atoms with Crippen LogP contribution in [0, 0.1) is 22.5 Å². The number of hydrogen-bond donors (Lipinski definition) is 0. The van der Waals surface area contributed by atoms with Crippen LogP contribution in [0.25, 0.3) is 0 Å². The molecular weight excluding hydrogens is 352 g/mol. The number of nitro groups is 1. The summed E-state index contributed by atoms with van der Waals surface area (Å²) >= 11 is 1.71. The van der Waals surface area contributed by atoms with Crippen molar-refractivity contribution in [1.29, 1.82) is 0 Å². The van der Waals surface area contributed by atoms with Gasteiger partial charge in [-0.1, -0.05) is 0 Å². The fourth-order valence-electron chi connectivity index (χ4n) is 4.07. The Hall–Kier alpha value is -2.13. The van der Waals surface area contributed by atoms with Crippen LogP contribution >= 0.6 is 11.3 Å². The molecule has 2 aromatic rings. The third-order valence-corrected chi connectivity index (χ3v) is 6.49. The van der Waals surface area contributed by atoms with Gasteiger partial charge in [-0.15, -0.1) is 11.3 Å². The van der Waals surface area contributed by atoms with Crippen LogP contribution in [0.3, 0.4) is 0 Å². The summed E-state index contributed by atoms with van der Waals surface area (Å²) in [6, 6.07) is 0.619. The first-order chi connectivity index (χ1) is 12.5. The predicted molar refractivity (Wildman–Crippen MR) is 99.3 cm³/mol. The summed E-state index contributed by atoms with van der Waals surface area (Å²) in [5, 5.41) is 14.1. The SMILES string of the molecule is Cc1nc(N2CCC3(CC2)CC3N(C)Cc2nccs2)ncc1[N+](=O)[O-]. The van der Waals surface area contributed by atoms with Gasteiger partial charge in [0.1, 0.15) is 16.9 Å². The molecule has 0 amide bonds. The number of rotatable bonds is 5. The van der Waals surface area contributed by atoms with Crippen LogP contribution in [-0.2, 0) is 6.54 Å². The maximum absolute atomic E-state index is 10.9. The molecule has 9 heteroatoms. The van der Waals surface area contributed by atoms with Crippen molar-refractivity contribution < 1.29 is 4.92 Å². The normalized spacial score (nSPS) is 21.3. The molecule has 4 rings (SSSR count). The lowest BCUT2D eigenvalue weighted by atomic mass is 9.92. The Kier molecular flexibility index (Phi) is 4.36. The van der Waals surface area contributed by atoms with Crippen molar-refractivity contribution >= 4 is 23.0 Å². The highest BCUT2D eigenvalue weighted by molar-refractivity contribution is 7.09. The topological polar surface area (TPSA) is 88.3 Å². The van der Waals surface area contributed by atoms with Gasteiger partial charge in [0.15, 0.2) is 0 Å². The van der Waals surface area contributed by atoms with Gasteiger partial charge in [0.25, 0.3) is 0 Å². The second-order valence-corrected chi connectivity index (χ2v) is 8.29. The molecule has 3 heterocycles. The molecule has 8 nitrogen and oxygen atoms in total. The number of anilines is 1. The summed E-state index contributed by atoms with van der Waals surface area (Å²) < 4.78 is 0. The number of piperidine rings is 1. The third kappa shape index (κ3) is 3.16. The summed E-state index contributed by atoms with van der Waals surface area (Å²) in [5.41, 5.74) is 0.805. The molecule has 0 bridgehead atoms. The van der Waals surface area contributed by atoms with Gasteiger partial charge in [-0.05, 0) is 38.6 Å². The van der Waals surface area contributed by atoms with Gasteiger partial charge in [0.2, 0.25) is 5.95 Å². The lowest BCUT2D eigenvalue weighted by Crippen LogP contribution is -2.38. The minimum Gasteiger partial charge on any atom is -0.341 e. The van der Waals surface area contributed by atoms with Gasteiger partial charge in [0.05, 0.1) is 11.5 Å². The van der Waals surface area contributed by atoms with Gasteiger partial charge in [-0.2, -0.15) is 0 Å². The van der Waals surface area contributed by atoms with E-state index in [-0.39, 0.29) is 5.69 Å². The molecule has 138 valence electrons. The molecule has 2 aliphatic rings. The van der Waals surface area contributed by atoms with Crippen molar-refractivity contribution in [2.24, 2.45) is 5.41 Å². The van der Waals surface area contributed by atoms with E-state index in [9.17, 15) is 10.1 Å². The average Bonchev–Trinajstić information content (AvgIpc) is 3.07. The molecule has 1 aliphatic heterocycles. The highest BCUT2D eigenvalue weighted by atomic mass is 32.1. The zero-order valence-electron chi connectivity index (χ0n) is 15.0. The smallest absolute Gasteiger partial charge is 0.308 e. The van der Waals surface area contributed by atoms with Gasteiger partial charge in [-0.25, -0.2) is 15.0 Å². The van der Waals surface area contributed by atoms with E-state index in [4.69, 9.17) is 0 Å². The Labute approximate surface area is 156 Å². The van der Waals surface area contributed by atoms with Crippen LogP contribution in [0.4, 0.5) is 11.6 Å². The number of hydrogen-bond acceptors (Lipinski definition) is 8. The maximum Gasteiger partial charge on any atom is 0.308 e. The summed E-state index contributed by atoms with van der Waals surface area (Å²) in [7, 11) is 2.19. The summed E-state index contributed by atoms with van der Waals surface area (Å²) in [6.45, 7) is 4.38. The molecule has 0 radical (unpaired) electrons. The zero-order valence-corrected chi connectivity index (χ0v) is 15.8. The van der Waals surface area contributed by atoms with Gasteiger partial charge in [0, 0.05) is 30.7 Å². The third-order valence-electron chi connectivity index (χ3n) is 5.73. The van der Waals surface area contributed by atoms with Gasteiger partial charge in [-0.3, -0.25) is 15.0 Å². The molecule has 0 N–H and O–H groups in total. The Morgan fingerprint density at radius 2 is 2.19 bits per heavy atom. The molecule has 1 spiro atoms. The second-order valence-electron chi connectivity index (χ2n) is 7.31. The molecule has 26 heavy (non-hydrogen) atoms. The van der Waals surface area contributed by atoms with Crippen molar-refractivity contribution in [3.8, 4) is 0 Å². The molecule has 2 fully saturated rings. The van der Waals surface area contributed by atoms with Crippen LogP contribution in [-0.4, -0.2) is 51.0 Å². The van der Waals surface area contributed by atoms with Crippen LogP contribution in [0.2, 0.25) is 0 Å². The van der Waals surface area contributed by atoms with Crippen LogP contribution in [0.15, 0.2) is 17.8 Å². The highest BCUT2D eigenvalue weighted by Crippen LogP contribution is 2.56. The standard InChI is InChI=1S/C17H22N6O2S/c1-12-13(23(24)25)10-19-16(20-12)22-6-3-17(4-7-22)9-14(17)21(2)11-15-18-5-8-26-15/h5,8,10,14H,3-4,6-7,9,11H2,1-2H3. The zero-order chi connectivity index (χ0) is 18.3. The summed E-state index contributed by atoms with van der Waals surface area (Å²) in [5.74, 6) is 0.608. The fourth-order valence-corrected chi connectivity index (χ4v) is 4.75. The van der Waals surface area contributed by atoms with Crippen LogP contribution < -0.4 is 4.90 Å². The number of aromatic nitrogens is 3. The largest absolute Gasteiger partial charge is 0.341 e. The predicted octanol–water partition coefficient (Wildman–Crippen LogP) is 2.64. The maximum atomic E-state index is 10.9. The second kappa shape index (κ2) is 6.55. The Morgan fingerprint density at radius 1 is 1.42 bits per heavy atom. The Bertz CT molecular complexity index is 804. The monoisotopic (exact) mass is 374 g/mol. The van der Waals surface area contributed by atoms with Crippen molar-refractivity contribution in [1.82, 2.24) is 19.9 Å². The fraction of sp³-hybridized carbons (Fsp3) is 0.588. The minimum absolute atomic E-state index is 0.0201. The van der Waals surface area contributed by atoms with Crippen LogP contribution in [0.5, 0.6) is 0 Å². The van der Waals surface area contributed by atoms with Crippen LogP contribution in [0.1, 0.15) is 30.0 Å². The van der Waals surface area contributed by atoms with Crippen molar-refractivity contribution in [2.75, 3.05) is 25.0 Å². The number of nitrogens with zero attached hydrogens (tertiary/aromatic N) is 6. The first-order valence-corrected chi connectivity index (χ1v) is 9.68. The summed E-state index contributed by atoms with van der Waals surface area (Å²) in [6.07, 6.45) is 6.65. The van der Waals surface area contributed by atoms with E-state index < -0.39 is 4.92 Å². The molecule has 1 saturated carbocycles. The van der Waals surface area contributed by atoms with E-state index in [2.05, 4.69) is 31.8 Å². The Balaban J connectivity index is 1.36. The molecular formula is C17H22N6O2S. The van der Waals surface area contributed by atoms with E-state index >= 15 is 0 Å². The molecule has 2 aromatic heterocycles. The molecule has 1 saturated heterocycles. The average molecular weight is 374 g/mol.